The summed E-state index contributed by atoms with van der Waals surface area (Å²) in [4.78, 5) is 84.1. The molecule has 0 saturated carbocycles. The number of hydrogen-bond donors (Lipinski definition) is 3. The molecule has 126 heavy (non-hydrogen) atoms. The van der Waals surface area contributed by atoms with Crippen LogP contribution in [0.4, 0.5) is 44.0 Å². The molecule has 11 aromatic rings. The summed E-state index contributed by atoms with van der Waals surface area (Å²) in [7, 11) is 9.74. The van der Waals surface area contributed by atoms with Crippen LogP contribution in [0.5, 0.6) is 28.7 Å². The Bertz CT molecular complexity index is 5210. The number of carboxylic acid groups (broad SMARTS) is 1. The molecule has 28 nitrogen and oxygen atoms in total. The molecule has 0 unspecified atom stereocenters. The fraction of sp³-hybridized carbons (Fsp3) is 0.354. The van der Waals surface area contributed by atoms with Crippen molar-refractivity contribution in [3.05, 3.63) is 234 Å². The number of esters is 1. The summed E-state index contributed by atoms with van der Waals surface area (Å²) in [6.45, 7) is 28.4. The van der Waals surface area contributed by atoms with Gasteiger partial charge in [-0.3, -0.25) is 0 Å². The van der Waals surface area contributed by atoms with Gasteiger partial charge in [-0.25, -0.2) is 39.1 Å². The number of carbonyl (C=O) groups is 4. The predicted molar refractivity (Wildman–Crippen MR) is 497 cm³/mol. The van der Waals surface area contributed by atoms with E-state index in [0.29, 0.717) is 35.2 Å². The maximum absolute atomic E-state index is 12.0. The van der Waals surface area contributed by atoms with E-state index in [9.17, 15) is 24.3 Å². The fourth-order valence-electron chi connectivity index (χ4n) is 14.2. The van der Waals surface area contributed by atoms with Gasteiger partial charge in [-0.2, -0.15) is 0 Å². The number of piperazine rings is 5. The fourth-order valence-corrected chi connectivity index (χ4v) is 14.4. The summed E-state index contributed by atoms with van der Waals surface area (Å²) >= 11 is 3.32. The van der Waals surface area contributed by atoms with Crippen molar-refractivity contribution in [2.75, 3.05) is 203 Å². The van der Waals surface area contributed by atoms with E-state index in [1.807, 2.05) is 181 Å². The number of nitrogens with one attached hydrogen (secondary N) is 2. The number of amides is 2. The second kappa shape index (κ2) is 48.1. The molecule has 0 bridgehead atoms. The van der Waals surface area contributed by atoms with Gasteiger partial charge in [0.1, 0.15) is 51.3 Å². The second-order valence-corrected chi connectivity index (χ2v) is 32.5. The number of halogens is 1. The number of methoxy groups -OCH3 is 6. The maximum atomic E-state index is 12.0. The number of ether oxygens (including phenoxy) is 8. The van der Waals surface area contributed by atoms with E-state index in [-0.39, 0.29) is 64.4 Å². The van der Waals surface area contributed by atoms with E-state index < -0.39 is 11.6 Å². The van der Waals surface area contributed by atoms with Crippen molar-refractivity contribution in [1.29, 1.82) is 0 Å². The van der Waals surface area contributed by atoms with Gasteiger partial charge in [0.15, 0.2) is 11.6 Å². The van der Waals surface area contributed by atoms with Gasteiger partial charge in [0.2, 0.25) is 0 Å². The minimum atomic E-state index is -0.972. The third kappa shape index (κ3) is 28.7. The molecule has 662 valence electrons. The van der Waals surface area contributed by atoms with Crippen molar-refractivity contribution in [2.24, 2.45) is 0 Å². The van der Waals surface area contributed by atoms with E-state index in [4.69, 9.17) is 57.8 Å². The Morgan fingerprint density at radius 3 is 0.968 bits per heavy atom. The van der Waals surface area contributed by atoms with Gasteiger partial charge in [-0.1, -0.05) is 76.6 Å². The zero-order valence-electron chi connectivity index (χ0n) is 74.5. The molecule has 2 amide bonds. The third-order valence-electron chi connectivity index (χ3n) is 20.8. The Morgan fingerprint density at radius 2 is 0.643 bits per heavy atom. The van der Waals surface area contributed by atoms with Crippen molar-refractivity contribution < 1.29 is 97.2 Å². The number of carbonyl (C=O) groups excluding carboxylic acids is 3. The van der Waals surface area contributed by atoms with Crippen molar-refractivity contribution in [2.45, 2.75) is 52.7 Å². The zero-order valence-corrected chi connectivity index (χ0v) is 78.1. The summed E-state index contributed by atoms with van der Waals surface area (Å²) in [5.41, 5.74) is 11.0. The average Bonchev–Trinajstić information content (AvgIpc) is 0.776. The quantitative estimate of drug-likeness (QED) is 0.0488. The normalized spacial score (nSPS) is 14.4. The second-order valence-electron chi connectivity index (χ2n) is 31.5. The molecular formula is C96H116BrN14NaO14. The minimum absolute atomic E-state index is 0. The number of aromatic carboxylic acids is 1. The van der Waals surface area contributed by atoms with E-state index in [2.05, 4.69) is 104 Å². The molecule has 9 aromatic carbocycles. The maximum Gasteiger partial charge on any atom is 1.00 e. The summed E-state index contributed by atoms with van der Waals surface area (Å²) in [6, 6.07) is 70.5. The van der Waals surface area contributed by atoms with Crippen molar-refractivity contribution in [3.63, 3.8) is 0 Å². The molecule has 2 aromatic heterocycles. The molecule has 5 fully saturated rings. The average molecular weight is 1790 g/mol. The molecule has 0 atom stereocenters. The van der Waals surface area contributed by atoms with Gasteiger partial charge >= 0.3 is 53.7 Å². The van der Waals surface area contributed by atoms with E-state index in [1.54, 1.807) is 75.7 Å². The molecular weight excluding hydrogens is 1680 g/mol. The molecule has 7 heterocycles. The molecule has 0 spiro atoms. The van der Waals surface area contributed by atoms with Crippen LogP contribution in [0.3, 0.4) is 0 Å². The van der Waals surface area contributed by atoms with Gasteiger partial charge < -0.3 is 98.3 Å². The number of carboxylic acids is 1. The van der Waals surface area contributed by atoms with Crippen LogP contribution < -0.4 is 93.3 Å². The summed E-state index contributed by atoms with van der Waals surface area (Å²) < 4.78 is 42.4. The third-order valence-corrected chi connectivity index (χ3v) is 21.4. The SMILES string of the molecule is CC(C)(C)OC(=O)N1CCNCC1.COC(=O)c1ccc2nc(-c3ccccc3)c(N3CCN(c4ccc(OC)cc4)CC3)nc2c1.COc1ccc(Br)cc1.COc1ccc(N2CCN(C(=O)OC(C)(C)C)CC2)cc1.COc1ccc(N2CCN(c3nc4cc(C(=O)O)ccc4nc3-c3ccccc3)CC2)cc1.COc1ccc(N2CCNCC2)cc1.[Na+].[OH-]. The van der Waals surface area contributed by atoms with Gasteiger partial charge in [0, 0.05) is 169 Å². The summed E-state index contributed by atoms with van der Waals surface area (Å²) in [5, 5.41) is 15.9. The van der Waals surface area contributed by atoms with Gasteiger partial charge in [-0.15, -0.1) is 0 Å². The molecule has 0 aliphatic carbocycles. The van der Waals surface area contributed by atoms with Crippen LogP contribution in [0.25, 0.3) is 44.6 Å². The van der Waals surface area contributed by atoms with Gasteiger partial charge in [-0.05, 0) is 199 Å². The van der Waals surface area contributed by atoms with Crippen LogP contribution in [-0.4, -0.2) is 249 Å². The first-order chi connectivity index (χ1) is 59.9. The number of benzene rings is 9. The van der Waals surface area contributed by atoms with Gasteiger partial charge in [0.25, 0.3) is 0 Å². The first-order valence-electron chi connectivity index (χ1n) is 41.7. The van der Waals surface area contributed by atoms with Crippen LogP contribution in [0.15, 0.2) is 223 Å². The Kier molecular flexibility index (Phi) is 37.5. The topological polar surface area (TPSA) is 294 Å². The minimum Gasteiger partial charge on any atom is -0.870 e. The Hall–Kier alpha value is -11.7. The van der Waals surface area contributed by atoms with Crippen molar-refractivity contribution in [3.8, 4) is 51.3 Å². The molecule has 5 saturated heterocycles. The van der Waals surface area contributed by atoms with Gasteiger partial charge in [0.05, 0.1) is 75.9 Å². The molecule has 0 radical (unpaired) electrons. The largest absolute Gasteiger partial charge is 1.00 e. The molecule has 5 aliphatic rings. The molecule has 4 N–H and O–H groups in total. The molecule has 16 rings (SSSR count). The number of hydrogen-bond acceptors (Lipinski definition) is 25. The smallest absolute Gasteiger partial charge is 0.870 e. The Balaban J connectivity index is 0.000000180. The zero-order chi connectivity index (χ0) is 88.1. The van der Waals surface area contributed by atoms with Crippen LogP contribution in [0.2, 0.25) is 0 Å². The van der Waals surface area contributed by atoms with E-state index >= 15 is 0 Å². The number of nitrogens with zero attached hydrogens (tertiary/aromatic N) is 12. The summed E-state index contributed by atoms with van der Waals surface area (Å²) in [6.07, 6.45) is -0.425. The standard InChI is InChI=1S/C27H26N4O3.C26H24N4O3.C16H24N2O3.C11H16N2O.C9H18N2O2.C7H7BrO.Na.H2O/c1-33-22-11-9-21(10-12-22)30-14-16-31(17-15-30)26-25(19-6-4-3-5-7-19)28-23-13-8-20(27(32)34-2)18-24(23)29-26;1-33-21-10-8-20(9-11-21)29-13-15-30(16-14-29)25-24(18-5-3-2-4-6-18)27-22-12-7-19(26(31)32)17-23(22)28-25;1-16(2,3)21-15(19)18-11-9-17(10-12-18)13-5-7-14(20-4)8-6-13;1-14-11-4-2-10(3-5-11)13-8-6-12-7-9-13;1-9(2,3)13-8(12)11-6-4-10-5-7-11;1-9-7-4-2-6(8)3-5-7;;/h3-13,18H,14-17H2,1-2H3;2-12,17H,13-16H2,1H3,(H,31,32);5-8H,9-12H2,1-4H3;2-5,12H,6-9H2,1H3;10H,4-7H2,1-3H3;2-5H,1H3;;1H2/q;;;;;;+1;/p-1. The monoisotopic (exact) mass is 1790 g/mol. The summed E-state index contributed by atoms with van der Waals surface area (Å²) in [5.74, 6) is 4.62. The van der Waals surface area contributed by atoms with Crippen LogP contribution >= 0.6 is 15.9 Å². The number of aromatic nitrogens is 4. The molecule has 30 heteroatoms. The number of anilines is 6. The van der Waals surface area contributed by atoms with Crippen LogP contribution in [0, 0.1) is 0 Å². The Labute approximate surface area is 769 Å². The first kappa shape index (κ1) is 98.1. The molecule has 5 aliphatic heterocycles. The van der Waals surface area contributed by atoms with E-state index in [0.717, 1.165) is 202 Å². The van der Waals surface area contributed by atoms with Crippen molar-refractivity contribution >= 4 is 96.5 Å². The van der Waals surface area contributed by atoms with Crippen LogP contribution in [0.1, 0.15) is 62.3 Å². The van der Waals surface area contributed by atoms with Crippen molar-refractivity contribution in [1.82, 2.24) is 40.4 Å². The first-order valence-corrected chi connectivity index (χ1v) is 42.5. The number of fused-ring (bicyclic) bond motifs is 2. The van der Waals surface area contributed by atoms with E-state index in [1.165, 1.54) is 18.5 Å². The van der Waals surface area contributed by atoms with Crippen LogP contribution in [-0.2, 0) is 14.2 Å². The Morgan fingerprint density at radius 1 is 0.349 bits per heavy atom. The predicted octanol–water partition coefficient (Wildman–Crippen LogP) is 12.7. The number of rotatable bonds is 15.